The highest BCUT2D eigenvalue weighted by Crippen LogP contribution is 2.32. The number of hydrogen-bond acceptors (Lipinski definition) is 3. The Labute approximate surface area is 113 Å². The molecule has 1 heterocycles. The van der Waals surface area contributed by atoms with Gasteiger partial charge in [-0.3, -0.25) is 0 Å². The molecular weight excluding hydrogens is 247 g/mol. The van der Waals surface area contributed by atoms with Gasteiger partial charge in [-0.25, -0.2) is 4.39 Å². The van der Waals surface area contributed by atoms with Crippen molar-refractivity contribution in [1.29, 1.82) is 0 Å². The first-order valence-corrected chi connectivity index (χ1v) is 6.56. The average Bonchev–Trinajstić information content (AvgIpc) is 2.33. The molecule has 0 bridgehead atoms. The Hall–Kier alpha value is -0.970. The fourth-order valence-electron chi connectivity index (χ4n) is 2.26. The predicted octanol–water partition coefficient (Wildman–Crippen LogP) is 2.69. The molecule has 4 heteroatoms. The summed E-state index contributed by atoms with van der Waals surface area (Å²) in [5.74, 6) is -0.601. The minimum atomic E-state index is -0.628. The van der Waals surface area contributed by atoms with E-state index in [9.17, 15) is 9.50 Å². The minimum absolute atomic E-state index is 0.0114. The van der Waals surface area contributed by atoms with Crippen LogP contribution in [0.1, 0.15) is 32.3 Å². The zero-order chi connectivity index (χ0) is 14.0. The van der Waals surface area contributed by atoms with E-state index in [1.807, 2.05) is 0 Å². The highest BCUT2D eigenvalue weighted by atomic mass is 19.1. The van der Waals surface area contributed by atoms with E-state index >= 15 is 0 Å². The van der Waals surface area contributed by atoms with Gasteiger partial charge in [-0.05, 0) is 24.6 Å². The van der Waals surface area contributed by atoms with Crippen LogP contribution < -0.4 is 0 Å². The van der Waals surface area contributed by atoms with Crippen LogP contribution in [-0.2, 0) is 9.47 Å². The van der Waals surface area contributed by atoms with Gasteiger partial charge in [0.25, 0.3) is 0 Å². The van der Waals surface area contributed by atoms with Crippen molar-refractivity contribution >= 4 is 0 Å². The van der Waals surface area contributed by atoms with Crippen molar-refractivity contribution in [3.63, 3.8) is 0 Å². The standard InChI is InChI=1S/C15H21FO3/c1-10(17)13(11-4-6-12(16)7-5-11)14-18-8-15(2,3)9-19-14/h4-7,10,13-14,17H,8-9H2,1-3H3. The SMILES string of the molecule is CC(O)C(c1ccc(F)cc1)C1OCC(C)(C)CO1. The summed E-state index contributed by atoms with van der Waals surface area (Å²) in [6.07, 6.45) is -1.12. The number of halogens is 1. The Kier molecular flexibility index (Phi) is 4.23. The first-order valence-electron chi connectivity index (χ1n) is 6.56. The van der Waals surface area contributed by atoms with Gasteiger partial charge >= 0.3 is 0 Å². The third-order valence-electron chi connectivity index (χ3n) is 3.34. The van der Waals surface area contributed by atoms with Gasteiger partial charge in [0, 0.05) is 5.41 Å². The van der Waals surface area contributed by atoms with Crippen LogP contribution in [0.5, 0.6) is 0 Å². The van der Waals surface area contributed by atoms with Crippen LogP contribution in [0, 0.1) is 11.2 Å². The Balaban J connectivity index is 2.15. The van der Waals surface area contributed by atoms with Gasteiger partial charge in [0.05, 0.1) is 25.2 Å². The first-order chi connectivity index (χ1) is 8.89. The zero-order valence-electron chi connectivity index (χ0n) is 11.6. The molecule has 1 aromatic rings. The summed E-state index contributed by atoms with van der Waals surface area (Å²) in [5.41, 5.74) is 0.809. The monoisotopic (exact) mass is 268 g/mol. The van der Waals surface area contributed by atoms with Crippen LogP contribution >= 0.6 is 0 Å². The molecule has 0 saturated carbocycles. The number of ether oxygens (including phenoxy) is 2. The quantitative estimate of drug-likeness (QED) is 0.916. The van der Waals surface area contributed by atoms with Crippen molar-refractivity contribution in [3.8, 4) is 0 Å². The second-order valence-electron chi connectivity index (χ2n) is 5.97. The van der Waals surface area contributed by atoms with Gasteiger partial charge in [-0.2, -0.15) is 0 Å². The highest BCUT2D eigenvalue weighted by Gasteiger charge is 2.36. The number of aliphatic hydroxyl groups excluding tert-OH is 1. The van der Waals surface area contributed by atoms with Crippen molar-refractivity contribution in [3.05, 3.63) is 35.6 Å². The van der Waals surface area contributed by atoms with E-state index in [0.717, 1.165) is 5.56 Å². The summed E-state index contributed by atoms with van der Waals surface area (Å²) in [6.45, 7) is 7.00. The zero-order valence-corrected chi connectivity index (χ0v) is 11.6. The van der Waals surface area contributed by atoms with Crippen LogP contribution in [0.25, 0.3) is 0 Å². The summed E-state index contributed by atoms with van der Waals surface area (Å²) in [4.78, 5) is 0. The van der Waals surface area contributed by atoms with Crippen molar-refractivity contribution in [1.82, 2.24) is 0 Å². The molecule has 1 saturated heterocycles. The summed E-state index contributed by atoms with van der Waals surface area (Å²) in [7, 11) is 0. The number of aliphatic hydroxyl groups is 1. The normalized spacial score (nSPS) is 23.0. The lowest BCUT2D eigenvalue weighted by Crippen LogP contribution is -2.43. The number of hydrogen-bond donors (Lipinski definition) is 1. The smallest absolute Gasteiger partial charge is 0.166 e. The molecule has 0 radical (unpaired) electrons. The topological polar surface area (TPSA) is 38.7 Å². The van der Waals surface area contributed by atoms with E-state index in [1.54, 1.807) is 19.1 Å². The van der Waals surface area contributed by atoms with Crippen LogP contribution in [-0.4, -0.2) is 30.7 Å². The minimum Gasteiger partial charge on any atom is -0.393 e. The van der Waals surface area contributed by atoms with E-state index in [1.165, 1.54) is 12.1 Å². The Bertz CT molecular complexity index is 404. The lowest BCUT2D eigenvalue weighted by atomic mass is 9.91. The third kappa shape index (κ3) is 3.53. The molecule has 1 N–H and O–H groups in total. The molecule has 1 aliphatic heterocycles. The molecule has 19 heavy (non-hydrogen) atoms. The highest BCUT2D eigenvalue weighted by molar-refractivity contribution is 5.22. The maximum atomic E-state index is 13.0. The van der Waals surface area contributed by atoms with Gasteiger partial charge in [-0.1, -0.05) is 26.0 Å². The number of rotatable bonds is 3. The molecule has 2 rings (SSSR count). The van der Waals surface area contributed by atoms with E-state index < -0.39 is 12.4 Å². The summed E-state index contributed by atoms with van der Waals surface area (Å²) >= 11 is 0. The van der Waals surface area contributed by atoms with E-state index in [4.69, 9.17) is 9.47 Å². The molecule has 0 spiro atoms. The van der Waals surface area contributed by atoms with Crippen molar-refractivity contribution in [2.45, 2.75) is 39.1 Å². The molecule has 2 unspecified atom stereocenters. The first kappa shape index (κ1) is 14.4. The Morgan fingerprint density at radius 1 is 1.21 bits per heavy atom. The molecule has 0 amide bonds. The second-order valence-corrected chi connectivity index (χ2v) is 5.97. The maximum absolute atomic E-state index is 13.0. The van der Waals surface area contributed by atoms with Gasteiger partial charge in [-0.15, -0.1) is 0 Å². The van der Waals surface area contributed by atoms with Crippen LogP contribution in [0.4, 0.5) is 4.39 Å². The van der Waals surface area contributed by atoms with E-state index in [0.29, 0.717) is 13.2 Å². The van der Waals surface area contributed by atoms with Gasteiger partial charge < -0.3 is 14.6 Å². The Morgan fingerprint density at radius 2 is 1.74 bits per heavy atom. The largest absolute Gasteiger partial charge is 0.393 e. The lowest BCUT2D eigenvalue weighted by molar-refractivity contribution is -0.239. The molecule has 2 atom stereocenters. The maximum Gasteiger partial charge on any atom is 0.166 e. The molecule has 3 nitrogen and oxygen atoms in total. The summed E-state index contributed by atoms with van der Waals surface area (Å²) < 4.78 is 24.4. The van der Waals surface area contributed by atoms with Crippen LogP contribution in [0.3, 0.4) is 0 Å². The fourth-order valence-corrected chi connectivity index (χ4v) is 2.26. The third-order valence-corrected chi connectivity index (χ3v) is 3.34. The molecule has 1 fully saturated rings. The van der Waals surface area contributed by atoms with Crippen molar-refractivity contribution in [2.24, 2.45) is 5.41 Å². The molecular formula is C15H21FO3. The van der Waals surface area contributed by atoms with Gasteiger partial charge in [0.2, 0.25) is 0 Å². The second kappa shape index (κ2) is 5.57. The van der Waals surface area contributed by atoms with Crippen LogP contribution in [0.2, 0.25) is 0 Å². The summed E-state index contributed by atoms with van der Waals surface area (Å²) in [6, 6.07) is 6.10. The molecule has 1 aromatic carbocycles. The molecule has 1 aliphatic rings. The van der Waals surface area contributed by atoms with E-state index in [2.05, 4.69) is 13.8 Å². The Morgan fingerprint density at radius 3 is 2.21 bits per heavy atom. The van der Waals surface area contributed by atoms with Gasteiger partial charge in [0.1, 0.15) is 5.82 Å². The molecule has 106 valence electrons. The van der Waals surface area contributed by atoms with Gasteiger partial charge in [0.15, 0.2) is 6.29 Å². The average molecular weight is 268 g/mol. The van der Waals surface area contributed by atoms with Crippen molar-refractivity contribution < 1.29 is 19.0 Å². The predicted molar refractivity (Wildman–Crippen MR) is 70.3 cm³/mol. The summed E-state index contributed by atoms with van der Waals surface area (Å²) in [5, 5.41) is 9.96. The lowest BCUT2D eigenvalue weighted by Gasteiger charge is -2.39. The fraction of sp³-hybridized carbons (Fsp3) is 0.600. The molecule has 0 aliphatic carbocycles. The number of benzene rings is 1. The van der Waals surface area contributed by atoms with Crippen molar-refractivity contribution in [2.75, 3.05) is 13.2 Å². The molecule has 0 aromatic heterocycles. The van der Waals surface area contributed by atoms with E-state index in [-0.39, 0.29) is 17.2 Å². The van der Waals surface area contributed by atoms with Crippen LogP contribution in [0.15, 0.2) is 24.3 Å².